The van der Waals surface area contributed by atoms with Gasteiger partial charge in [-0.05, 0) is 23.1 Å². The monoisotopic (exact) mass is 335 g/mol. The van der Waals surface area contributed by atoms with Crippen LogP contribution in [0, 0.1) is 5.41 Å². The molecule has 0 spiro atoms. The number of hydrogen-bond donors (Lipinski definition) is 1. The zero-order valence-corrected chi connectivity index (χ0v) is 15.0. The first-order chi connectivity index (χ1) is 11.8. The summed E-state index contributed by atoms with van der Waals surface area (Å²) in [6.07, 6.45) is 10.5. The van der Waals surface area contributed by atoms with Gasteiger partial charge in [-0.15, -0.1) is 0 Å². The zero-order chi connectivity index (χ0) is 18.7. The van der Waals surface area contributed by atoms with Gasteiger partial charge in [0, 0.05) is 17.8 Å². The molecule has 0 saturated heterocycles. The number of carboxylic acids is 1. The summed E-state index contributed by atoms with van der Waals surface area (Å²) in [6.45, 7) is 9.60. The van der Waals surface area contributed by atoms with Gasteiger partial charge in [0.25, 0.3) is 0 Å². The smallest absolute Gasteiger partial charge is 0.327 e. The zero-order valence-electron chi connectivity index (χ0n) is 15.0. The van der Waals surface area contributed by atoms with Crippen LogP contribution in [-0.2, 0) is 4.79 Å². The molecule has 0 atom stereocenters. The third-order valence-electron chi connectivity index (χ3n) is 3.05. The second kappa shape index (κ2) is 10.0. The average Bonchev–Trinajstić information content (AvgIpc) is 2.59. The van der Waals surface area contributed by atoms with E-state index < -0.39 is 5.97 Å². The molecule has 0 amide bonds. The molecule has 1 N–H and O–H groups in total. The first-order valence-electron chi connectivity index (χ1n) is 8.04. The summed E-state index contributed by atoms with van der Waals surface area (Å²) < 4.78 is 0. The first kappa shape index (κ1) is 20.1. The number of pyridine rings is 1. The third-order valence-corrected chi connectivity index (χ3v) is 3.05. The van der Waals surface area contributed by atoms with Crippen LogP contribution in [0.3, 0.4) is 0 Å². The van der Waals surface area contributed by atoms with E-state index in [4.69, 9.17) is 5.11 Å². The Hall–Kier alpha value is -2.94. The van der Waals surface area contributed by atoms with Gasteiger partial charge in [-0.25, -0.2) is 4.79 Å². The van der Waals surface area contributed by atoms with E-state index in [0.29, 0.717) is 0 Å². The van der Waals surface area contributed by atoms with Crippen molar-refractivity contribution in [2.75, 3.05) is 0 Å². The van der Waals surface area contributed by atoms with Crippen LogP contribution < -0.4 is 0 Å². The van der Waals surface area contributed by atoms with Crippen molar-refractivity contribution in [2.24, 2.45) is 5.41 Å². The summed E-state index contributed by atoms with van der Waals surface area (Å²) in [6, 6.07) is 14.2. The molecular weight excluding hydrogens is 310 g/mol. The lowest BCUT2D eigenvalue weighted by Gasteiger charge is -2.09. The van der Waals surface area contributed by atoms with Gasteiger partial charge in [-0.3, -0.25) is 4.98 Å². The van der Waals surface area contributed by atoms with Crippen molar-refractivity contribution in [2.45, 2.75) is 20.8 Å². The second-order valence-electron chi connectivity index (χ2n) is 6.46. The molecule has 3 nitrogen and oxygen atoms in total. The highest BCUT2D eigenvalue weighted by Crippen LogP contribution is 2.14. The minimum absolute atomic E-state index is 0.0294. The summed E-state index contributed by atoms with van der Waals surface area (Å²) in [5.74, 6) is -0.884. The molecule has 0 aliphatic heterocycles. The number of aliphatic carboxylic acids is 1. The number of benzene rings is 1. The van der Waals surface area contributed by atoms with Crippen LogP contribution in [0.5, 0.6) is 0 Å². The Morgan fingerprint density at radius 3 is 2.28 bits per heavy atom. The first-order valence-corrected chi connectivity index (χ1v) is 8.04. The van der Waals surface area contributed by atoms with Crippen LogP contribution in [-0.4, -0.2) is 16.1 Å². The maximum Gasteiger partial charge on any atom is 0.327 e. The summed E-state index contributed by atoms with van der Waals surface area (Å²) in [7, 11) is 0. The number of rotatable bonds is 4. The third kappa shape index (κ3) is 9.06. The molecule has 2 rings (SSSR count). The largest absolute Gasteiger partial charge is 0.478 e. The number of hydrogen-bond acceptors (Lipinski definition) is 2. The highest BCUT2D eigenvalue weighted by atomic mass is 16.4. The molecule has 1 heterocycles. The van der Waals surface area contributed by atoms with Crippen molar-refractivity contribution in [3.05, 3.63) is 84.2 Å². The van der Waals surface area contributed by atoms with E-state index in [1.54, 1.807) is 18.3 Å². The van der Waals surface area contributed by atoms with Crippen LogP contribution >= 0.6 is 0 Å². The van der Waals surface area contributed by atoms with E-state index in [2.05, 4.69) is 35.8 Å². The normalized spacial score (nSPS) is 11.2. The quantitative estimate of drug-likeness (QED) is 0.743. The van der Waals surface area contributed by atoms with Crippen molar-refractivity contribution in [3.63, 3.8) is 0 Å². The van der Waals surface area contributed by atoms with Crippen LogP contribution in [0.15, 0.2) is 67.4 Å². The fraction of sp³-hybridized carbons (Fsp3) is 0.182. The van der Waals surface area contributed by atoms with E-state index in [9.17, 15) is 4.79 Å². The van der Waals surface area contributed by atoms with Crippen LogP contribution in [0.25, 0.3) is 18.2 Å². The Bertz CT molecular complexity index is 738. The summed E-state index contributed by atoms with van der Waals surface area (Å²) in [5, 5.41) is 8.19. The summed E-state index contributed by atoms with van der Waals surface area (Å²) in [4.78, 5) is 14.2. The SMILES string of the molecule is C=Cc1ncccc1C=Cc1ccccc1.CC(C)(C)C=CC(=O)O. The number of nitrogens with zero attached hydrogens (tertiary/aromatic N) is 1. The van der Waals surface area contributed by atoms with E-state index in [0.717, 1.165) is 11.3 Å². The van der Waals surface area contributed by atoms with Crippen LogP contribution in [0.4, 0.5) is 0 Å². The molecule has 2 aromatic rings. The van der Waals surface area contributed by atoms with Gasteiger partial charge in [-0.1, -0.05) is 82.0 Å². The molecule has 1 aromatic carbocycles. The van der Waals surface area contributed by atoms with Gasteiger partial charge in [0.2, 0.25) is 0 Å². The van der Waals surface area contributed by atoms with E-state index >= 15 is 0 Å². The lowest BCUT2D eigenvalue weighted by atomic mass is 9.96. The number of aromatic nitrogens is 1. The maximum atomic E-state index is 9.96. The lowest BCUT2D eigenvalue weighted by Crippen LogP contribution is -2.00. The van der Waals surface area contributed by atoms with Crippen molar-refractivity contribution in [1.29, 1.82) is 0 Å². The Balaban J connectivity index is 0.000000299. The number of carbonyl (C=O) groups is 1. The van der Waals surface area contributed by atoms with Crippen molar-refractivity contribution in [3.8, 4) is 0 Å². The predicted octanol–water partition coefficient (Wildman–Crippen LogP) is 5.57. The maximum absolute atomic E-state index is 9.96. The molecule has 0 bridgehead atoms. The van der Waals surface area contributed by atoms with Gasteiger partial charge in [0.15, 0.2) is 0 Å². The average molecular weight is 335 g/mol. The number of allylic oxidation sites excluding steroid dienone is 1. The Morgan fingerprint density at radius 1 is 1.08 bits per heavy atom. The molecular formula is C22H25NO2. The van der Waals surface area contributed by atoms with Gasteiger partial charge in [-0.2, -0.15) is 0 Å². The van der Waals surface area contributed by atoms with E-state index in [1.165, 1.54) is 11.6 Å². The standard InChI is InChI=1S/C15H13N.C7H12O2/c1-2-15-14(9-6-12-16-15)11-10-13-7-4-3-5-8-13;1-7(2,3)5-4-6(8)9/h2-12H,1H2;4-5H,1-3H3,(H,8,9). The highest BCUT2D eigenvalue weighted by molar-refractivity contribution is 5.79. The van der Waals surface area contributed by atoms with Gasteiger partial charge >= 0.3 is 5.97 Å². The van der Waals surface area contributed by atoms with E-state index in [-0.39, 0.29) is 5.41 Å². The molecule has 0 unspecified atom stereocenters. The predicted molar refractivity (Wildman–Crippen MR) is 106 cm³/mol. The molecule has 0 radical (unpaired) electrons. The van der Waals surface area contributed by atoms with Gasteiger partial charge < -0.3 is 5.11 Å². The van der Waals surface area contributed by atoms with Crippen molar-refractivity contribution >= 4 is 24.2 Å². The fourth-order valence-electron chi connectivity index (χ4n) is 1.81. The minimum atomic E-state index is -0.884. The van der Waals surface area contributed by atoms with Crippen LogP contribution in [0.2, 0.25) is 0 Å². The molecule has 0 saturated carbocycles. The second-order valence-corrected chi connectivity index (χ2v) is 6.46. The fourth-order valence-corrected chi connectivity index (χ4v) is 1.81. The topological polar surface area (TPSA) is 50.2 Å². The molecule has 0 fully saturated rings. The summed E-state index contributed by atoms with van der Waals surface area (Å²) in [5.41, 5.74) is 3.15. The van der Waals surface area contributed by atoms with E-state index in [1.807, 2.05) is 51.1 Å². The minimum Gasteiger partial charge on any atom is -0.478 e. The molecule has 25 heavy (non-hydrogen) atoms. The molecule has 0 aliphatic rings. The van der Waals surface area contributed by atoms with Crippen molar-refractivity contribution < 1.29 is 9.90 Å². The Labute approximate surface area is 150 Å². The van der Waals surface area contributed by atoms with Gasteiger partial charge in [0.05, 0.1) is 5.69 Å². The van der Waals surface area contributed by atoms with Gasteiger partial charge in [0.1, 0.15) is 0 Å². The number of carboxylic acid groups (broad SMARTS) is 1. The van der Waals surface area contributed by atoms with Crippen LogP contribution in [0.1, 0.15) is 37.6 Å². The molecule has 3 heteroatoms. The highest BCUT2D eigenvalue weighted by Gasteiger charge is 2.03. The van der Waals surface area contributed by atoms with Crippen molar-refractivity contribution in [1.82, 2.24) is 4.98 Å². The summed E-state index contributed by atoms with van der Waals surface area (Å²) >= 11 is 0. The Kier molecular flexibility index (Phi) is 8.07. The lowest BCUT2D eigenvalue weighted by molar-refractivity contribution is -0.131. The molecule has 0 aliphatic carbocycles. The Morgan fingerprint density at radius 2 is 1.76 bits per heavy atom. The molecule has 130 valence electrons. The molecule has 1 aromatic heterocycles.